The Morgan fingerprint density at radius 2 is 2.10 bits per heavy atom. The topological polar surface area (TPSA) is 44.4 Å². The first kappa shape index (κ1) is 14.4. The van der Waals surface area contributed by atoms with Crippen molar-refractivity contribution in [3.63, 3.8) is 0 Å². The number of nitrogens with zero attached hydrogens (tertiary/aromatic N) is 1. The lowest BCUT2D eigenvalue weighted by Gasteiger charge is -2.30. The van der Waals surface area contributed by atoms with Crippen LogP contribution in [0.3, 0.4) is 0 Å². The van der Waals surface area contributed by atoms with Gasteiger partial charge in [-0.15, -0.1) is 0 Å². The van der Waals surface area contributed by atoms with Gasteiger partial charge in [-0.3, -0.25) is 4.79 Å². The summed E-state index contributed by atoms with van der Waals surface area (Å²) in [4.78, 5) is 14.4. The Labute approximate surface area is 126 Å². The van der Waals surface area contributed by atoms with Gasteiger partial charge in [0.15, 0.2) is 0 Å². The molecule has 0 aromatic heterocycles. The van der Waals surface area contributed by atoms with Crippen LogP contribution in [0.5, 0.6) is 0 Å². The molecule has 2 fully saturated rings. The normalized spacial score (nSPS) is 27.9. The van der Waals surface area contributed by atoms with Crippen molar-refractivity contribution in [1.82, 2.24) is 10.6 Å². The molecule has 4 nitrogen and oxygen atoms in total. The van der Waals surface area contributed by atoms with Gasteiger partial charge >= 0.3 is 0 Å². The SMILES string of the molecule is CC1(C)CNC(=O)C1NC[C@@H]1CCCN1c1ccccc1. The highest BCUT2D eigenvalue weighted by atomic mass is 16.2. The number of nitrogens with one attached hydrogen (secondary N) is 2. The maximum absolute atomic E-state index is 12.0. The summed E-state index contributed by atoms with van der Waals surface area (Å²) in [6.07, 6.45) is 2.41. The van der Waals surface area contributed by atoms with Crippen molar-refractivity contribution in [2.24, 2.45) is 5.41 Å². The number of para-hydroxylation sites is 1. The zero-order chi connectivity index (χ0) is 14.9. The van der Waals surface area contributed by atoms with Crippen LogP contribution < -0.4 is 15.5 Å². The van der Waals surface area contributed by atoms with Crippen molar-refractivity contribution < 1.29 is 4.79 Å². The summed E-state index contributed by atoms with van der Waals surface area (Å²) in [6.45, 7) is 7.03. The van der Waals surface area contributed by atoms with Crippen LogP contribution >= 0.6 is 0 Å². The van der Waals surface area contributed by atoms with Gasteiger partial charge in [-0.1, -0.05) is 32.0 Å². The molecule has 3 rings (SSSR count). The van der Waals surface area contributed by atoms with Gasteiger partial charge in [0.25, 0.3) is 0 Å². The quantitative estimate of drug-likeness (QED) is 0.887. The summed E-state index contributed by atoms with van der Waals surface area (Å²) in [6, 6.07) is 11.0. The maximum atomic E-state index is 12.0. The monoisotopic (exact) mass is 287 g/mol. The molecule has 2 aliphatic rings. The molecule has 2 N–H and O–H groups in total. The van der Waals surface area contributed by atoms with Crippen LogP contribution in [-0.2, 0) is 4.79 Å². The molecule has 1 aromatic carbocycles. The lowest BCUT2D eigenvalue weighted by atomic mass is 9.87. The third-order valence-electron chi connectivity index (χ3n) is 4.78. The fourth-order valence-electron chi connectivity index (χ4n) is 3.50. The van der Waals surface area contributed by atoms with Crippen molar-refractivity contribution in [3.05, 3.63) is 30.3 Å². The molecule has 0 radical (unpaired) electrons. The van der Waals surface area contributed by atoms with E-state index in [1.165, 1.54) is 18.5 Å². The Morgan fingerprint density at radius 3 is 2.76 bits per heavy atom. The number of anilines is 1. The number of benzene rings is 1. The van der Waals surface area contributed by atoms with Crippen LogP contribution in [0, 0.1) is 5.41 Å². The van der Waals surface area contributed by atoms with E-state index in [2.05, 4.69) is 59.7 Å². The molecule has 0 spiro atoms. The van der Waals surface area contributed by atoms with Crippen molar-refractivity contribution in [3.8, 4) is 0 Å². The van der Waals surface area contributed by atoms with Crippen LogP contribution in [0.2, 0.25) is 0 Å². The predicted molar refractivity (Wildman–Crippen MR) is 85.4 cm³/mol. The summed E-state index contributed by atoms with van der Waals surface area (Å²) in [5.74, 6) is 0.143. The van der Waals surface area contributed by atoms with E-state index in [1.54, 1.807) is 0 Å². The number of carbonyl (C=O) groups is 1. The zero-order valence-corrected chi connectivity index (χ0v) is 12.9. The third kappa shape index (κ3) is 2.91. The fourth-order valence-corrected chi connectivity index (χ4v) is 3.50. The number of hydrogen-bond acceptors (Lipinski definition) is 3. The summed E-state index contributed by atoms with van der Waals surface area (Å²) in [5, 5.41) is 6.47. The van der Waals surface area contributed by atoms with Gasteiger partial charge in [-0.05, 0) is 25.0 Å². The third-order valence-corrected chi connectivity index (χ3v) is 4.78. The first-order chi connectivity index (χ1) is 10.1. The van der Waals surface area contributed by atoms with E-state index in [0.29, 0.717) is 6.04 Å². The minimum atomic E-state index is -0.0734. The summed E-state index contributed by atoms with van der Waals surface area (Å²) in [5.41, 5.74) is 1.28. The lowest BCUT2D eigenvalue weighted by Crippen LogP contribution is -2.49. The molecule has 0 bridgehead atoms. The van der Waals surface area contributed by atoms with E-state index in [0.717, 1.165) is 19.6 Å². The van der Waals surface area contributed by atoms with Crippen LogP contribution in [0.4, 0.5) is 5.69 Å². The zero-order valence-electron chi connectivity index (χ0n) is 12.9. The summed E-state index contributed by atoms with van der Waals surface area (Å²) in [7, 11) is 0. The van der Waals surface area contributed by atoms with E-state index < -0.39 is 0 Å². The van der Waals surface area contributed by atoms with E-state index in [1.807, 2.05) is 0 Å². The second-order valence-electron chi connectivity index (χ2n) is 6.87. The smallest absolute Gasteiger partial charge is 0.237 e. The molecule has 1 unspecified atom stereocenters. The van der Waals surface area contributed by atoms with Gasteiger partial charge in [0.05, 0.1) is 6.04 Å². The highest BCUT2D eigenvalue weighted by Crippen LogP contribution is 2.27. The average molecular weight is 287 g/mol. The Bertz CT molecular complexity index is 500. The van der Waals surface area contributed by atoms with E-state index in [9.17, 15) is 4.79 Å². The van der Waals surface area contributed by atoms with Crippen LogP contribution in [0.15, 0.2) is 30.3 Å². The van der Waals surface area contributed by atoms with Crippen LogP contribution in [0.1, 0.15) is 26.7 Å². The lowest BCUT2D eigenvalue weighted by molar-refractivity contribution is -0.121. The standard InChI is InChI=1S/C17H25N3O/c1-17(2)12-19-16(21)15(17)18-11-14-9-6-10-20(14)13-7-4-3-5-8-13/h3-5,7-8,14-15,18H,6,9-12H2,1-2H3,(H,19,21)/t14-,15?/m0/s1. The molecule has 2 aliphatic heterocycles. The van der Waals surface area contributed by atoms with Crippen molar-refractivity contribution in [1.29, 1.82) is 0 Å². The van der Waals surface area contributed by atoms with Gasteiger partial charge in [0, 0.05) is 36.8 Å². The minimum absolute atomic E-state index is 0.00668. The van der Waals surface area contributed by atoms with Crippen molar-refractivity contribution in [2.75, 3.05) is 24.5 Å². The van der Waals surface area contributed by atoms with Crippen molar-refractivity contribution in [2.45, 2.75) is 38.8 Å². The number of rotatable bonds is 4. The van der Waals surface area contributed by atoms with E-state index >= 15 is 0 Å². The fraction of sp³-hybridized carbons (Fsp3) is 0.588. The van der Waals surface area contributed by atoms with Gasteiger partial charge in [0.2, 0.25) is 5.91 Å². The van der Waals surface area contributed by atoms with Gasteiger partial charge in [-0.2, -0.15) is 0 Å². The summed E-state index contributed by atoms with van der Waals surface area (Å²) >= 11 is 0. The first-order valence-corrected chi connectivity index (χ1v) is 7.91. The van der Waals surface area contributed by atoms with E-state index in [4.69, 9.17) is 0 Å². The highest BCUT2D eigenvalue weighted by Gasteiger charge is 2.41. The van der Waals surface area contributed by atoms with Crippen LogP contribution in [0.25, 0.3) is 0 Å². The van der Waals surface area contributed by atoms with Gasteiger partial charge in [0.1, 0.15) is 0 Å². The highest BCUT2D eigenvalue weighted by molar-refractivity contribution is 5.85. The van der Waals surface area contributed by atoms with Gasteiger partial charge < -0.3 is 15.5 Å². The number of carbonyl (C=O) groups excluding carboxylic acids is 1. The van der Waals surface area contributed by atoms with Gasteiger partial charge in [-0.25, -0.2) is 0 Å². The minimum Gasteiger partial charge on any atom is -0.367 e. The Morgan fingerprint density at radius 1 is 1.33 bits per heavy atom. The number of amides is 1. The summed E-state index contributed by atoms with van der Waals surface area (Å²) < 4.78 is 0. The van der Waals surface area contributed by atoms with Crippen LogP contribution in [-0.4, -0.2) is 37.6 Å². The molecule has 1 aromatic rings. The predicted octanol–water partition coefficient (Wildman–Crippen LogP) is 1.77. The second-order valence-corrected chi connectivity index (χ2v) is 6.87. The average Bonchev–Trinajstić information content (AvgIpc) is 3.03. The second kappa shape index (κ2) is 5.68. The molecule has 21 heavy (non-hydrogen) atoms. The molecular weight excluding hydrogens is 262 g/mol. The number of hydrogen-bond donors (Lipinski definition) is 2. The Hall–Kier alpha value is -1.55. The molecule has 2 saturated heterocycles. The molecule has 0 aliphatic carbocycles. The maximum Gasteiger partial charge on any atom is 0.237 e. The molecular formula is C17H25N3O. The molecule has 114 valence electrons. The first-order valence-electron chi connectivity index (χ1n) is 7.91. The Balaban J connectivity index is 1.63. The molecule has 4 heteroatoms. The molecule has 1 amide bonds. The van der Waals surface area contributed by atoms with Crippen molar-refractivity contribution >= 4 is 11.6 Å². The molecule has 0 saturated carbocycles. The molecule has 2 heterocycles. The van der Waals surface area contributed by atoms with E-state index in [-0.39, 0.29) is 17.4 Å². The Kier molecular flexibility index (Phi) is 3.89. The molecule has 2 atom stereocenters. The largest absolute Gasteiger partial charge is 0.367 e.